The lowest BCUT2D eigenvalue weighted by Gasteiger charge is -2.15. The summed E-state index contributed by atoms with van der Waals surface area (Å²) in [5.41, 5.74) is 2.58. The standard InChI is InChI=1S/C16H16FNO3/c1-2-21-16(20)9-18-14-5-3-10(17)7-12(14)13-8-11(19)4-6-15(13)18/h3,5,7H,2,4,6,8-9H2,1H3. The Kier molecular flexibility index (Phi) is 3.49. The normalized spacial score (nSPS) is 14.3. The van der Waals surface area contributed by atoms with E-state index in [0.29, 0.717) is 25.9 Å². The molecule has 1 aliphatic carbocycles. The Bertz CT molecular complexity index is 733. The highest BCUT2D eigenvalue weighted by Crippen LogP contribution is 2.31. The van der Waals surface area contributed by atoms with Crippen LogP contribution in [0.5, 0.6) is 0 Å². The lowest BCUT2D eigenvalue weighted by Crippen LogP contribution is -2.19. The number of hydrogen-bond acceptors (Lipinski definition) is 3. The highest BCUT2D eigenvalue weighted by atomic mass is 19.1. The van der Waals surface area contributed by atoms with Gasteiger partial charge in [0.05, 0.1) is 6.61 Å². The topological polar surface area (TPSA) is 48.3 Å². The number of carbonyl (C=O) groups is 2. The number of nitrogens with zero attached hydrogens (tertiary/aromatic N) is 1. The van der Waals surface area contributed by atoms with E-state index in [1.165, 1.54) is 12.1 Å². The molecule has 1 heterocycles. The molecule has 0 amide bonds. The first kappa shape index (κ1) is 13.8. The molecule has 3 rings (SSSR count). The lowest BCUT2D eigenvalue weighted by atomic mass is 9.94. The van der Waals surface area contributed by atoms with Crippen LogP contribution in [0.3, 0.4) is 0 Å². The van der Waals surface area contributed by atoms with Crippen molar-refractivity contribution in [3.8, 4) is 0 Å². The van der Waals surface area contributed by atoms with E-state index < -0.39 is 0 Å². The summed E-state index contributed by atoms with van der Waals surface area (Å²) in [5, 5.41) is 0.724. The predicted molar refractivity (Wildman–Crippen MR) is 75.6 cm³/mol. The molecule has 5 heteroatoms. The van der Waals surface area contributed by atoms with Gasteiger partial charge >= 0.3 is 5.97 Å². The number of ether oxygens (including phenoxy) is 1. The molecule has 0 N–H and O–H groups in total. The molecule has 1 aromatic carbocycles. The molecule has 0 atom stereocenters. The second-order valence-corrected chi connectivity index (χ2v) is 5.19. The minimum absolute atomic E-state index is 0.0967. The molecule has 2 aromatic rings. The van der Waals surface area contributed by atoms with Crippen LogP contribution < -0.4 is 0 Å². The van der Waals surface area contributed by atoms with Crippen LogP contribution in [-0.4, -0.2) is 22.9 Å². The third-order valence-electron chi connectivity index (χ3n) is 3.86. The Balaban J connectivity index is 2.14. The molecule has 1 aliphatic rings. The first-order valence-corrected chi connectivity index (χ1v) is 7.07. The third-order valence-corrected chi connectivity index (χ3v) is 3.86. The van der Waals surface area contributed by atoms with Crippen molar-refractivity contribution in [2.75, 3.05) is 6.61 Å². The fourth-order valence-corrected chi connectivity index (χ4v) is 2.99. The Morgan fingerprint density at radius 2 is 2.19 bits per heavy atom. The SMILES string of the molecule is CCOC(=O)Cn1c2c(c3cc(F)ccc31)CC(=O)CC2. The highest BCUT2D eigenvalue weighted by molar-refractivity contribution is 5.94. The van der Waals surface area contributed by atoms with Gasteiger partial charge in [0.15, 0.2) is 0 Å². The fraction of sp³-hybridized carbons (Fsp3) is 0.375. The van der Waals surface area contributed by atoms with E-state index in [0.717, 1.165) is 22.2 Å². The summed E-state index contributed by atoms with van der Waals surface area (Å²) in [7, 11) is 0. The highest BCUT2D eigenvalue weighted by Gasteiger charge is 2.25. The minimum Gasteiger partial charge on any atom is -0.465 e. The van der Waals surface area contributed by atoms with Crippen molar-refractivity contribution < 1.29 is 18.7 Å². The van der Waals surface area contributed by atoms with Crippen LogP contribution in [-0.2, 0) is 33.7 Å². The van der Waals surface area contributed by atoms with Gasteiger partial charge < -0.3 is 9.30 Å². The van der Waals surface area contributed by atoms with Crippen LogP contribution >= 0.6 is 0 Å². The van der Waals surface area contributed by atoms with E-state index in [1.807, 2.05) is 4.57 Å². The van der Waals surface area contributed by atoms with Crippen molar-refractivity contribution in [1.82, 2.24) is 4.57 Å². The molecule has 4 nitrogen and oxygen atoms in total. The molecule has 0 saturated carbocycles. The van der Waals surface area contributed by atoms with Gasteiger partial charge in [0.25, 0.3) is 0 Å². The molecule has 21 heavy (non-hydrogen) atoms. The van der Waals surface area contributed by atoms with Crippen molar-refractivity contribution in [2.45, 2.75) is 32.7 Å². The van der Waals surface area contributed by atoms with Gasteiger partial charge in [0.2, 0.25) is 0 Å². The van der Waals surface area contributed by atoms with Crippen LogP contribution in [0.2, 0.25) is 0 Å². The lowest BCUT2D eigenvalue weighted by molar-refractivity contribution is -0.143. The third kappa shape index (κ3) is 2.44. The zero-order valence-electron chi connectivity index (χ0n) is 11.8. The van der Waals surface area contributed by atoms with Gasteiger partial charge in [-0.2, -0.15) is 0 Å². The van der Waals surface area contributed by atoms with Crippen LogP contribution in [0.4, 0.5) is 4.39 Å². The van der Waals surface area contributed by atoms with Crippen molar-refractivity contribution in [2.24, 2.45) is 0 Å². The summed E-state index contributed by atoms with van der Waals surface area (Å²) >= 11 is 0. The fourth-order valence-electron chi connectivity index (χ4n) is 2.99. The smallest absolute Gasteiger partial charge is 0.325 e. The van der Waals surface area contributed by atoms with Gasteiger partial charge in [-0.05, 0) is 37.1 Å². The number of ketones is 1. The number of fused-ring (bicyclic) bond motifs is 3. The molecule has 0 aliphatic heterocycles. The summed E-state index contributed by atoms with van der Waals surface area (Å²) in [5.74, 6) is -0.503. The maximum Gasteiger partial charge on any atom is 0.325 e. The summed E-state index contributed by atoms with van der Waals surface area (Å²) in [6, 6.07) is 4.47. The van der Waals surface area contributed by atoms with Gasteiger partial charge in [-0.3, -0.25) is 9.59 Å². The first-order chi connectivity index (χ1) is 10.1. The summed E-state index contributed by atoms with van der Waals surface area (Å²) in [6.45, 7) is 2.18. The Hall–Kier alpha value is -2.17. The van der Waals surface area contributed by atoms with Gasteiger partial charge in [0.1, 0.15) is 18.1 Å². The van der Waals surface area contributed by atoms with Crippen molar-refractivity contribution in [1.29, 1.82) is 0 Å². The molecular weight excluding hydrogens is 273 g/mol. The molecule has 0 radical (unpaired) electrons. The van der Waals surface area contributed by atoms with Gasteiger partial charge in [-0.25, -0.2) is 4.39 Å². The molecule has 110 valence electrons. The number of Topliss-reactive ketones (excluding diaryl/α,β-unsaturated/α-hetero) is 1. The van der Waals surface area contributed by atoms with Crippen molar-refractivity contribution in [3.05, 3.63) is 35.3 Å². The average molecular weight is 289 g/mol. The van der Waals surface area contributed by atoms with Gasteiger partial charge in [-0.15, -0.1) is 0 Å². The number of benzene rings is 1. The molecule has 0 bridgehead atoms. The Morgan fingerprint density at radius 1 is 1.38 bits per heavy atom. The molecule has 0 spiro atoms. The second-order valence-electron chi connectivity index (χ2n) is 5.19. The van der Waals surface area contributed by atoms with E-state index in [2.05, 4.69) is 0 Å². The number of aromatic nitrogens is 1. The van der Waals surface area contributed by atoms with E-state index in [4.69, 9.17) is 4.74 Å². The maximum atomic E-state index is 13.5. The quantitative estimate of drug-likeness (QED) is 0.815. The van der Waals surface area contributed by atoms with Gasteiger partial charge in [-0.1, -0.05) is 0 Å². The number of esters is 1. The zero-order chi connectivity index (χ0) is 15.0. The summed E-state index contributed by atoms with van der Waals surface area (Å²) < 4.78 is 20.4. The van der Waals surface area contributed by atoms with Crippen LogP contribution in [0.25, 0.3) is 10.9 Å². The average Bonchev–Trinajstić information content (AvgIpc) is 2.72. The maximum absolute atomic E-state index is 13.5. The Labute approximate surface area is 121 Å². The molecule has 0 unspecified atom stereocenters. The minimum atomic E-state index is -0.336. The van der Waals surface area contributed by atoms with E-state index >= 15 is 0 Å². The number of halogens is 1. The first-order valence-electron chi connectivity index (χ1n) is 7.07. The van der Waals surface area contributed by atoms with E-state index in [9.17, 15) is 14.0 Å². The number of hydrogen-bond donors (Lipinski definition) is 0. The largest absolute Gasteiger partial charge is 0.465 e. The van der Waals surface area contributed by atoms with E-state index in [1.54, 1.807) is 13.0 Å². The second kappa shape index (κ2) is 5.31. The molecular formula is C16H16FNO3. The van der Waals surface area contributed by atoms with Crippen molar-refractivity contribution >= 4 is 22.7 Å². The van der Waals surface area contributed by atoms with Crippen molar-refractivity contribution in [3.63, 3.8) is 0 Å². The van der Waals surface area contributed by atoms with E-state index in [-0.39, 0.29) is 24.1 Å². The van der Waals surface area contributed by atoms with Gasteiger partial charge in [0, 0.05) is 29.4 Å². The van der Waals surface area contributed by atoms with Crippen LogP contribution in [0.1, 0.15) is 24.6 Å². The number of carbonyl (C=O) groups excluding carboxylic acids is 2. The molecule has 0 saturated heterocycles. The van der Waals surface area contributed by atoms with Crippen LogP contribution in [0.15, 0.2) is 18.2 Å². The Morgan fingerprint density at radius 3 is 2.95 bits per heavy atom. The predicted octanol–water partition coefficient (Wildman–Crippen LogP) is 2.40. The summed E-state index contributed by atoms with van der Waals surface area (Å²) in [4.78, 5) is 23.5. The molecule has 1 aromatic heterocycles. The van der Waals surface area contributed by atoms with Crippen LogP contribution in [0, 0.1) is 5.82 Å². The zero-order valence-corrected chi connectivity index (χ0v) is 11.8. The summed E-state index contributed by atoms with van der Waals surface area (Å²) in [6.07, 6.45) is 1.36. The number of rotatable bonds is 3. The monoisotopic (exact) mass is 289 g/mol. The molecule has 0 fully saturated rings.